The first-order valence-corrected chi connectivity index (χ1v) is 14.8. The van der Waals surface area contributed by atoms with Crippen LogP contribution >= 0.6 is 11.6 Å². The number of ether oxygens (including phenoxy) is 4. The number of fused-ring (bicyclic) bond motifs is 1. The molecule has 234 valence electrons. The molecule has 2 N–H and O–H groups in total. The van der Waals surface area contributed by atoms with Crippen molar-refractivity contribution in [1.82, 2.24) is 5.32 Å². The lowest BCUT2D eigenvalue weighted by atomic mass is 9.98. The Hall–Kier alpha value is -4.12. The summed E-state index contributed by atoms with van der Waals surface area (Å²) in [7, 11) is 2.71. The number of hydrogen-bond acceptors (Lipinski definition) is 8. The molecule has 10 nitrogen and oxygen atoms in total. The van der Waals surface area contributed by atoms with Gasteiger partial charge in [0.1, 0.15) is 18.8 Å². The summed E-state index contributed by atoms with van der Waals surface area (Å²) >= 11 is 6.37. The number of amides is 1. The summed E-state index contributed by atoms with van der Waals surface area (Å²) in [4.78, 5) is 38.6. The van der Waals surface area contributed by atoms with E-state index in [4.69, 9.17) is 30.5 Å². The van der Waals surface area contributed by atoms with E-state index >= 15 is 0 Å². The zero-order valence-electron chi connectivity index (χ0n) is 24.8. The molecule has 0 bridgehead atoms. The minimum atomic E-state index is -1.33. The number of hydrogen-bond donors (Lipinski definition) is 2. The van der Waals surface area contributed by atoms with Gasteiger partial charge in [0, 0.05) is 16.1 Å². The van der Waals surface area contributed by atoms with Crippen molar-refractivity contribution in [2.75, 3.05) is 45.4 Å². The monoisotopic (exact) mass is 624 g/mol. The molecule has 1 aliphatic rings. The average molecular weight is 625 g/mol. The van der Waals surface area contributed by atoms with Crippen LogP contribution in [0.2, 0.25) is 5.02 Å². The van der Waals surface area contributed by atoms with Gasteiger partial charge < -0.3 is 29.4 Å². The van der Waals surface area contributed by atoms with Crippen LogP contribution in [0.25, 0.3) is 0 Å². The molecule has 0 aliphatic carbocycles. The Bertz CT molecular complexity index is 1430. The van der Waals surface area contributed by atoms with Crippen LogP contribution in [0.1, 0.15) is 42.1 Å². The van der Waals surface area contributed by atoms with Crippen LogP contribution in [-0.2, 0) is 30.3 Å². The number of anilines is 1. The molecule has 11 heteroatoms. The summed E-state index contributed by atoms with van der Waals surface area (Å²) in [6, 6.07) is 20.4. The molecule has 2 atom stereocenters. The van der Waals surface area contributed by atoms with E-state index in [9.17, 15) is 19.5 Å². The summed E-state index contributed by atoms with van der Waals surface area (Å²) in [5.74, 6) is -1.74. The fourth-order valence-electron chi connectivity index (χ4n) is 5.12. The first kappa shape index (κ1) is 32.8. The van der Waals surface area contributed by atoms with Gasteiger partial charge in [-0.15, -0.1) is 0 Å². The molecule has 0 saturated heterocycles. The molecule has 0 radical (unpaired) electrons. The van der Waals surface area contributed by atoms with Crippen molar-refractivity contribution in [3.05, 3.63) is 88.4 Å². The van der Waals surface area contributed by atoms with Crippen LogP contribution < -0.4 is 19.7 Å². The number of esters is 1. The number of carboxylic acid groups (broad SMARTS) is 1. The second kappa shape index (κ2) is 16.1. The molecular formula is C33H37ClN2O8. The lowest BCUT2D eigenvalue weighted by Gasteiger charge is -2.24. The lowest BCUT2D eigenvalue weighted by molar-refractivity contribution is -0.149. The predicted octanol–water partition coefficient (Wildman–Crippen LogP) is 4.81. The third-order valence-corrected chi connectivity index (χ3v) is 7.43. The van der Waals surface area contributed by atoms with Gasteiger partial charge in [-0.1, -0.05) is 54.1 Å². The van der Waals surface area contributed by atoms with Crippen LogP contribution in [0.5, 0.6) is 11.5 Å². The zero-order valence-corrected chi connectivity index (χ0v) is 25.5. The fraction of sp³-hybridized carbons (Fsp3) is 0.364. The maximum absolute atomic E-state index is 13.6. The maximum atomic E-state index is 13.6. The molecule has 0 spiro atoms. The standard InChI is InChI=1S/C33H37ClN2O8/c1-41-30(39)20-28-33(40)36(21-29(37)38)26-15-14-23(34)19-25(26)31(44-28)24-12-6-13-27(32(24)42-2)43-18-8-17-35-16-7-11-22-9-4-3-5-10-22/h3-6,9-10,12-15,19,28,31,35H,7-8,11,16-18,20-21H2,1-2H3,(H,37,38)/t28-,31-/m1/s1. The number of nitrogens with one attached hydrogen (secondary N) is 1. The molecule has 44 heavy (non-hydrogen) atoms. The number of benzene rings is 3. The van der Waals surface area contributed by atoms with Gasteiger partial charge in [-0.2, -0.15) is 0 Å². The van der Waals surface area contributed by atoms with Crippen molar-refractivity contribution in [1.29, 1.82) is 0 Å². The van der Waals surface area contributed by atoms with E-state index in [0.29, 0.717) is 39.9 Å². The minimum Gasteiger partial charge on any atom is -0.492 e. The first-order chi connectivity index (χ1) is 21.3. The normalized spacial score (nSPS) is 16.2. The van der Waals surface area contributed by atoms with Gasteiger partial charge in [0.05, 0.1) is 32.9 Å². The Balaban J connectivity index is 1.52. The molecule has 0 unspecified atom stereocenters. The third kappa shape index (κ3) is 8.49. The summed E-state index contributed by atoms with van der Waals surface area (Å²) in [5.41, 5.74) is 2.58. The highest BCUT2D eigenvalue weighted by Gasteiger charge is 2.40. The van der Waals surface area contributed by atoms with Crippen LogP contribution in [-0.4, -0.2) is 69.5 Å². The van der Waals surface area contributed by atoms with E-state index in [1.165, 1.54) is 19.8 Å². The summed E-state index contributed by atoms with van der Waals surface area (Å²) in [5, 5.41) is 13.4. The minimum absolute atomic E-state index is 0.297. The topological polar surface area (TPSA) is 124 Å². The molecule has 1 aliphatic heterocycles. The van der Waals surface area contributed by atoms with Crippen LogP contribution in [0.4, 0.5) is 5.69 Å². The van der Waals surface area contributed by atoms with Gasteiger partial charge in [0.15, 0.2) is 11.5 Å². The highest BCUT2D eigenvalue weighted by atomic mass is 35.5. The molecule has 3 aromatic carbocycles. The van der Waals surface area contributed by atoms with Crippen molar-refractivity contribution >= 4 is 35.1 Å². The SMILES string of the molecule is COC(=O)C[C@H]1O[C@H](c2cccc(OCCCNCCCc3ccccc3)c2OC)c2cc(Cl)ccc2N(CC(=O)O)C1=O. The second-order valence-corrected chi connectivity index (χ2v) is 10.7. The summed E-state index contributed by atoms with van der Waals surface area (Å²) in [6.45, 7) is 1.47. The van der Waals surface area contributed by atoms with E-state index in [-0.39, 0.29) is 0 Å². The van der Waals surface area contributed by atoms with E-state index in [0.717, 1.165) is 37.3 Å². The smallest absolute Gasteiger partial charge is 0.323 e. The number of carboxylic acids is 1. The molecule has 0 fully saturated rings. The highest BCUT2D eigenvalue weighted by molar-refractivity contribution is 6.30. The van der Waals surface area contributed by atoms with E-state index in [2.05, 4.69) is 17.4 Å². The van der Waals surface area contributed by atoms with Crippen LogP contribution in [0.15, 0.2) is 66.7 Å². The van der Waals surface area contributed by atoms with E-state index in [1.807, 2.05) is 18.2 Å². The largest absolute Gasteiger partial charge is 0.492 e. The van der Waals surface area contributed by atoms with E-state index in [1.54, 1.807) is 36.4 Å². The maximum Gasteiger partial charge on any atom is 0.323 e. The fourth-order valence-corrected chi connectivity index (χ4v) is 5.30. The summed E-state index contributed by atoms with van der Waals surface area (Å²) < 4.78 is 23.0. The van der Waals surface area contributed by atoms with Gasteiger partial charge >= 0.3 is 11.9 Å². The number of methoxy groups -OCH3 is 2. The van der Waals surface area contributed by atoms with Crippen molar-refractivity contribution in [2.45, 2.75) is 37.9 Å². The number of carbonyl (C=O) groups excluding carboxylic acids is 2. The van der Waals surface area contributed by atoms with Gasteiger partial charge in [-0.25, -0.2) is 0 Å². The third-order valence-electron chi connectivity index (χ3n) is 7.19. The van der Waals surface area contributed by atoms with Gasteiger partial charge in [0.25, 0.3) is 5.91 Å². The van der Waals surface area contributed by atoms with Gasteiger partial charge in [-0.3, -0.25) is 19.3 Å². The number of aliphatic carboxylic acids is 1. The predicted molar refractivity (Wildman–Crippen MR) is 166 cm³/mol. The quantitative estimate of drug-likeness (QED) is 0.181. The average Bonchev–Trinajstić information content (AvgIpc) is 3.12. The Labute approximate surface area is 261 Å². The lowest BCUT2D eigenvalue weighted by Crippen LogP contribution is -2.43. The highest BCUT2D eigenvalue weighted by Crippen LogP contribution is 2.45. The number of carbonyl (C=O) groups is 3. The number of halogens is 1. The molecule has 0 saturated carbocycles. The summed E-state index contributed by atoms with van der Waals surface area (Å²) in [6.07, 6.45) is 0.117. The first-order valence-electron chi connectivity index (χ1n) is 14.4. The second-order valence-electron chi connectivity index (χ2n) is 10.2. The number of nitrogens with zero attached hydrogens (tertiary/aromatic N) is 1. The van der Waals surface area contributed by atoms with Crippen molar-refractivity contribution < 1.29 is 38.4 Å². The molecule has 3 aromatic rings. The van der Waals surface area contributed by atoms with E-state index < -0.39 is 43.0 Å². The molecule has 4 rings (SSSR count). The van der Waals surface area contributed by atoms with Crippen molar-refractivity contribution in [2.24, 2.45) is 0 Å². The van der Waals surface area contributed by atoms with Crippen molar-refractivity contribution in [3.8, 4) is 11.5 Å². The zero-order chi connectivity index (χ0) is 31.5. The molecule has 1 heterocycles. The Morgan fingerprint density at radius 2 is 1.77 bits per heavy atom. The molecule has 1 amide bonds. The number of aryl methyl sites for hydroxylation is 1. The Kier molecular flexibility index (Phi) is 12.0. The number of para-hydroxylation sites is 1. The Morgan fingerprint density at radius 1 is 1.00 bits per heavy atom. The Morgan fingerprint density at radius 3 is 2.50 bits per heavy atom. The van der Waals surface area contributed by atoms with Crippen molar-refractivity contribution in [3.63, 3.8) is 0 Å². The van der Waals surface area contributed by atoms with Gasteiger partial charge in [0.2, 0.25) is 0 Å². The molecular weight excluding hydrogens is 588 g/mol. The van der Waals surface area contributed by atoms with Crippen LogP contribution in [0, 0.1) is 0 Å². The van der Waals surface area contributed by atoms with Gasteiger partial charge in [-0.05, 0) is 62.2 Å². The van der Waals surface area contributed by atoms with Crippen LogP contribution in [0.3, 0.4) is 0 Å². The molecule has 0 aromatic heterocycles. The number of rotatable bonds is 15.